The standard InChI is InChI=1S/C15H11ClN2O3/c1-20-15(19)11-6-10(17)7-12-13(11)21-14(18-12)8-3-2-4-9(16)5-8/h2-7H,17H2,1H3. The minimum absolute atomic E-state index is 0.244. The molecule has 0 amide bonds. The number of rotatable bonds is 2. The van der Waals surface area contributed by atoms with Crippen LogP contribution in [0.3, 0.4) is 0 Å². The number of carbonyl (C=O) groups is 1. The molecule has 0 saturated heterocycles. The van der Waals surface area contributed by atoms with Crippen LogP contribution in [-0.2, 0) is 4.74 Å². The fourth-order valence-electron chi connectivity index (χ4n) is 2.06. The first-order valence-electron chi connectivity index (χ1n) is 6.13. The van der Waals surface area contributed by atoms with Crippen LogP contribution in [0.2, 0.25) is 5.02 Å². The SMILES string of the molecule is COC(=O)c1cc(N)cc2nc(-c3cccc(Cl)c3)oc12. The summed E-state index contributed by atoms with van der Waals surface area (Å²) >= 11 is 5.96. The van der Waals surface area contributed by atoms with Crippen LogP contribution >= 0.6 is 11.6 Å². The molecule has 1 heterocycles. The highest BCUT2D eigenvalue weighted by Crippen LogP contribution is 2.29. The second kappa shape index (κ2) is 5.10. The number of anilines is 1. The highest BCUT2D eigenvalue weighted by Gasteiger charge is 2.18. The van der Waals surface area contributed by atoms with Crippen molar-refractivity contribution in [2.24, 2.45) is 0 Å². The van der Waals surface area contributed by atoms with E-state index in [0.717, 1.165) is 0 Å². The summed E-state index contributed by atoms with van der Waals surface area (Å²) in [6.45, 7) is 0. The van der Waals surface area contributed by atoms with Crippen LogP contribution in [-0.4, -0.2) is 18.1 Å². The van der Waals surface area contributed by atoms with E-state index in [-0.39, 0.29) is 5.56 Å². The fraction of sp³-hybridized carbons (Fsp3) is 0.0667. The molecule has 5 nitrogen and oxygen atoms in total. The third-order valence-corrected chi connectivity index (χ3v) is 3.22. The molecule has 0 radical (unpaired) electrons. The van der Waals surface area contributed by atoms with E-state index in [4.69, 9.17) is 26.5 Å². The normalized spacial score (nSPS) is 10.8. The van der Waals surface area contributed by atoms with Gasteiger partial charge in [-0.2, -0.15) is 0 Å². The first-order valence-corrected chi connectivity index (χ1v) is 6.50. The zero-order valence-corrected chi connectivity index (χ0v) is 11.8. The number of oxazole rings is 1. The maximum absolute atomic E-state index is 11.8. The van der Waals surface area contributed by atoms with Crippen molar-refractivity contribution in [1.82, 2.24) is 4.98 Å². The van der Waals surface area contributed by atoms with Gasteiger partial charge in [-0.15, -0.1) is 0 Å². The molecular formula is C15H11ClN2O3. The fourth-order valence-corrected chi connectivity index (χ4v) is 2.25. The molecule has 21 heavy (non-hydrogen) atoms. The Morgan fingerprint density at radius 2 is 2.14 bits per heavy atom. The van der Waals surface area contributed by atoms with E-state index >= 15 is 0 Å². The topological polar surface area (TPSA) is 78.4 Å². The third-order valence-electron chi connectivity index (χ3n) is 2.99. The van der Waals surface area contributed by atoms with Gasteiger partial charge in [0.05, 0.1) is 7.11 Å². The second-order valence-electron chi connectivity index (χ2n) is 4.44. The monoisotopic (exact) mass is 302 g/mol. The molecule has 0 saturated carbocycles. The number of hydrogen-bond donors (Lipinski definition) is 1. The molecule has 0 unspecified atom stereocenters. The number of halogens is 1. The maximum Gasteiger partial charge on any atom is 0.341 e. The number of benzene rings is 2. The zero-order valence-electron chi connectivity index (χ0n) is 11.1. The molecule has 1 aromatic heterocycles. The summed E-state index contributed by atoms with van der Waals surface area (Å²) < 4.78 is 10.4. The molecule has 0 aliphatic rings. The average molecular weight is 303 g/mol. The first kappa shape index (κ1) is 13.5. The van der Waals surface area contributed by atoms with E-state index < -0.39 is 5.97 Å². The highest BCUT2D eigenvalue weighted by atomic mass is 35.5. The van der Waals surface area contributed by atoms with Gasteiger partial charge < -0.3 is 14.9 Å². The summed E-state index contributed by atoms with van der Waals surface area (Å²) in [6.07, 6.45) is 0. The number of fused-ring (bicyclic) bond motifs is 1. The summed E-state index contributed by atoms with van der Waals surface area (Å²) in [5, 5.41) is 0.572. The number of nitrogens with zero attached hydrogens (tertiary/aromatic N) is 1. The van der Waals surface area contributed by atoms with Crippen molar-refractivity contribution in [2.45, 2.75) is 0 Å². The van der Waals surface area contributed by atoms with Crippen molar-refractivity contribution in [3.63, 3.8) is 0 Å². The summed E-state index contributed by atoms with van der Waals surface area (Å²) in [4.78, 5) is 16.1. The molecule has 3 rings (SSSR count). The Kier molecular flexibility index (Phi) is 3.27. The Morgan fingerprint density at radius 3 is 2.86 bits per heavy atom. The number of esters is 1. The smallest absolute Gasteiger partial charge is 0.341 e. The minimum atomic E-state index is -0.527. The van der Waals surface area contributed by atoms with Crippen molar-refractivity contribution in [1.29, 1.82) is 0 Å². The van der Waals surface area contributed by atoms with Crippen molar-refractivity contribution in [3.05, 3.63) is 47.0 Å². The molecule has 2 aromatic carbocycles. The van der Waals surface area contributed by atoms with Crippen LogP contribution < -0.4 is 5.73 Å². The second-order valence-corrected chi connectivity index (χ2v) is 4.87. The Morgan fingerprint density at radius 1 is 1.33 bits per heavy atom. The average Bonchev–Trinajstić information content (AvgIpc) is 2.89. The number of carbonyl (C=O) groups excluding carboxylic acids is 1. The van der Waals surface area contributed by atoms with Crippen LogP contribution in [0.25, 0.3) is 22.6 Å². The van der Waals surface area contributed by atoms with Gasteiger partial charge in [0.1, 0.15) is 11.1 Å². The number of nitrogens with two attached hydrogens (primary N) is 1. The van der Waals surface area contributed by atoms with Crippen LogP contribution in [0.15, 0.2) is 40.8 Å². The predicted molar refractivity (Wildman–Crippen MR) is 80.2 cm³/mol. The molecule has 0 atom stereocenters. The lowest BCUT2D eigenvalue weighted by Crippen LogP contribution is -2.02. The van der Waals surface area contributed by atoms with Gasteiger partial charge in [0.15, 0.2) is 5.58 Å². The van der Waals surface area contributed by atoms with Crippen LogP contribution in [0, 0.1) is 0 Å². The lowest BCUT2D eigenvalue weighted by atomic mass is 10.2. The Hall–Kier alpha value is -2.53. The van der Waals surface area contributed by atoms with E-state index in [0.29, 0.717) is 33.3 Å². The zero-order chi connectivity index (χ0) is 15.0. The number of hydrogen-bond acceptors (Lipinski definition) is 5. The highest BCUT2D eigenvalue weighted by molar-refractivity contribution is 6.30. The summed E-state index contributed by atoms with van der Waals surface area (Å²) in [5.41, 5.74) is 7.98. The van der Waals surface area contributed by atoms with Crippen molar-refractivity contribution < 1.29 is 13.9 Å². The van der Waals surface area contributed by atoms with E-state index in [2.05, 4.69) is 4.98 Å². The Labute approximate surface area is 125 Å². The molecule has 3 aromatic rings. The summed E-state index contributed by atoms with van der Waals surface area (Å²) in [5.74, 6) is -0.163. The van der Waals surface area contributed by atoms with Crippen LogP contribution in [0.5, 0.6) is 0 Å². The van der Waals surface area contributed by atoms with Gasteiger partial charge in [-0.1, -0.05) is 17.7 Å². The largest absolute Gasteiger partial charge is 0.465 e. The molecule has 106 valence electrons. The van der Waals surface area contributed by atoms with Gasteiger partial charge in [0, 0.05) is 16.3 Å². The lowest BCUT2D eigenvalue weighted by molar-refractivity contribution is 0.0602. The maximum atomic E-state index is 11.8. The van der Waals surface area contributed by atoms with Crippen LogP contribution in [0.4, 0.5) is 5.69 Å². The van der Waals surface area contributed by atoms with E-state index in [1.54, 1.807) is 24.3 Å². The molecule has 2 N–H and O–H groups in total. The van der Waals surface area contributed by atoms with E-state index in [1.165, 1.54) is 13.2 Å². The van der Waals surface area contributed by atoms with Crippen molar-refractivity contribution in [2.75, 3.05) is 12.8 Å². The molecule has 0 bridgehead atoms. The van der Waals surface area contributed by atoms with Crippen LogP contribution in [0.1, 0.15) is 10.4 Å². The number of methoxy groups -OCH3 is 1. The lowest BCUT2D eigenvalue weighted by Gasteiger charge is -2.00. The summed E-state index contributed by atoms with van der Waals surface area (Å²) in [6, 6.07) is 10.2. The van der Waals surface area contributed by atoms with Crippen molar-refractivity contribution in [3.8, 4) is 11.5 Å². The number of ether oxygens (including phenoxy) is 1. The number of nitrogen functional groups attached to an aromatic ring is 1. The quantitative estimate of drug-likeness (QED) is 0.579. The third kappa shape index (κ3) is 2.43. The Bertz CT molecular complexity index is 842. The molecular weight excluding hydrogens is 292 g/mol. The van der Waals surface area contributed by atoms with Gasteiger partial charge in [0.2, 0.25) is 5.89 Å². The first-order chi connectivity index (χ1) is 10.1. The molecule has 6 heteroatoms. The van der Waals surface area contributed by atoms with Crippen molar-refractivity contribution >= 4 is 34.4 Å². The van der Waals surface area contributed by atoms with Gasteiger partial charge in [-0.05, 0) is 30.3 Å². The van der Waals surface area contributed by atoms with Gasteiger partial charge in [0.25, 0.3) is 0 Å². The minimum Gasteiger partial charge on any atom is -0.465 e. The van der Waals surface area contributed by atoms with Gasteiger partial charge in [-0.3, -0.25) is 0 Å². The molecule has 0 aliphatic carbocycles. The van der Waals surface area contributed by atoms with Gasteiger partial charge >= 0.3 is 5.97 Å². The van der Waals surface area contributed by atoms with Gasteiger partial charge in [-0.25, -0.2) is 9.78 Å². The molecule has 0 spiro atoms. The molecule has 0 fully saturated rings. The summed E-state index contributed by atoms with van der Waals surface area (Å²) in [7, 11) is 1.30. The number of aromatic nitrogens is 1. The predicted octanol–water partition coefficient (Wildman–Crippen LogP) is 3.52. The van der Waals surface area contributed by atoms with E-state index in [1.807, 2.05) is 6.07 Å². The Balaban J connectivity index is 2.22. The molecule has 0 aliphatic heterocycles. The van der Waals surface area contributed by atoms with E-state index in [9.17, 15) is 4.79 Å².